The number of amides is 1. The number of rotatable bonds is 3. The van der Waals surface area contributed by atoms with Gasteiger partial charge in [-0.15, -0.1) is 11.3 Å². The van der Waals surface area contributed by atoms with E-state index in [4.69, 9.17) is 9.47 Å². The van der Waals surface area contributed by atoms with Crippen molar-refractivity contribution in [1.29, 1.82) is 0 Å². The van der Waals surface area contributed by atoms with Crippen LogP contribution in [-0.2, 0) is 9.53 Å². The van der Waals surface area contributed by atoms with E-state index in [0.717, 1.165) is 28.7 Å². The number of anilines is 1. The lowest BCUT2D eigenvalue weighted by molar-refractivity contribution is -0.146. The summed E-state index contributed by atoms with van der Waals surface area (Å²) in [5.41, 5.74) is 0.732. The van der Waals surface area contributed by atoms with Gasteiger partial charge in [-0.05, 0) is 41.6 Å². The second-order valence-electron chi connectivity index (χ2n) is 6.31. The fourth-order valence-electron chi connectivity index (χ4n) is 3.72. The molecule has 0 saturated heterocycles. The van der Waals surface area contributed by atoms with Crippen LogP contribution >= 0.6 is 27.3 Å². The first-order valence-corrected chi connectivity index (χ1v) is 9.92. The molecule has 0 aromatic carbocycles. The average Bonchev–Trinajstić information content (AvgIpc) is 2.78. The average molecular weight is 415 g/mol. The van der Waals surface area contributed by atoms with Gasteiger partial charge >= 0.3 is 5.97 Å². The number of carbonyl (C=O) groups is 2. The van der Waals surface area contributed by atoms with Gasteiger partial charge < -0.3 is 19.7 Å². The molecule has 1 saturated carbocycles. The Morgan fingerprint density at radius 1 is 1.50 bits per heavy atom. The lowest BCUT2D eigenvalue weighted by Crippen LogP contribution is -2.59. The SMILES string of the molecule is CCOC(=O)[C@H]1[C@H](C2CCC2)NC(=O)c2sc(Br)c3c2N1CCO3. The normalized spacial score (nSPS) is 25.9. The molecule has 1 amide bonds. The van der Waals surface area contributed by atoms with Crippen molar-refractivity contribution in [2.24, 2.45) is 5.92 Å². The van der Waals surface area contributed by atoms with Crippen LogP contribution in [0, 0.1) is 5.92 Å². The lowest BCUT2D eigenvalue weighted by Gasteiger charge is -2.42. The third-order valence-corrected chi connectivity index (χ3v) is 6.83. The van der Waals surface area contributed by atoms with Crippen molar-refractivity contribution in [3.8, 4) is 5.75 Å². The summed E-state index contributed by atoms with van der Waals surface area (Å²) in [5, 5.41) is 3.11. The molecule has 8 heteroatoms. The Hall–Kier alpha value is -1.28. The number of esters is 1. The highest BCUT2D eigenvalue weighted by atomic mass is 79.9. The summed E-state index contributed by atoms with van der Waals surface area (Å²) in [7, 11) is 0. The zero-order chi connectivity index (χ0) is 16.8. The highest BCUT2D eigenvalue weighted by Gasteiger charge is 2.48. The monoisotopic (exact) mass is 414 g/mol. The van der Waals surface area contributed by atoms with E-state index in [9.17, 15) is 9.59 Å². The Balaban J connectivity index is 1.81. The first-order chi connectivity index (χ1) is 11.6. The molecule has 1 N–H and O–H groups in total. The Kier molecular flexibility index (Phi) is 4.20. The first kappa shape index (κ1) is 16.2. The first-order valence-electron chi connectivity index (χ1n) is 8.31. The van der Waals surface area contributed by atoms with E-state index in [2.05, 4.69) is 21.2 Å². The fourth-order valence-corrected chi connectivity index (χ4v) is 5.40. The summed E-state index contributed by atoms with van der Waals surface area (Å²) >= 11 is 4.84. The van der Waals surface area contributed by atoms with Gasteiger partial charge in [0.25, 0.3) is 5.91 Å². The van der Waals surface area contributed by atoms with E-state index in [-0.39, 0.29) is 17.9 Å². The number of halogens is 1. The Morgan fingerprint density at radius 3 is 2.96 bits per heavy atom. The van der Waals surface area contributed by atoms with Crippen molar-refractivity contribution < 1.29 is 19.1 Å². The predicted molar refractivity (Wildman–Crippen MR) is 93.9 cm³/mol. The van der Waals surface area contributed by atoms with Crippen molar-refractivity contribution in [3.63, 3.8) is 0 Å². The zero-order valence-corrected chi connectivity index (χ0v) is 15.7. The second kappa shape index (κ2) is 6.22. The van der Waals surface area contributed by atoms with Crippen molar-refractivity contribution >= 4 is 44.8 Å². The van der Waals surface area contributed by atoms with E-state index < -0.39 is 6.04 Å². The van der Waals surface area contributed by atoms with Gasteiger partial charge in [0.15, 0.2) is 5.75 Å². The predicted octanol–water partition coefficient (Wildman–Crippen LogP) is 2.55. The van der Waals surface area contributed by atoms with Crippen LogP contribution in [0.4, 0.5) is 5.69 Å². The standard InChI is InChI=1S/C16H19BrN2O4S/c1-2-22-16(21)10-9(8-4-3-5-8)18-15(20)13-11-12(14(17)24-13)23-7-6-19(10)11/h8-10H,2-7H2,1H3,(H,18,20)/t9-,10+/m0/s1. The molecule has 0 unspecified atom stereocenters. The number of carbonyl (C=O) groups excluding carboxylic acids is 2. The number of nitrogens with zero attached hydrogens (tertiary/aromatic N) is 1. The number of hydrogen-bond donors (Lipinski definition) is 1. The minimum absolute atomic E-state index is 0.124. The molecule has 0 bridgehead atoms. The van der Waals surface area contributed by atoms with Gasteiger partial charge in [0.2, 0.25) is 0 Å². The van der Waals surface area contributed by atoms with Crippen LogP contribution in [0.3, 0.4) is 0 Å². The summed E-state index contributed by atoms with van der Waals surface area (Å²) in [5.74, 6) is 0.603. The van der Waals surface area contributed by atoms with E-state index in [1.165, 1.54) is 11.3 Å². The molecular formula is C16H19BrN2O4S. The van der Waals surface area contributed by atoms with Gasteiger partial charge in [0, 0.05) is 0 Å². The van der Waals surface area contributed by atoms with Crippen LogP contribution in [0.25, 0.3) is 0 Å². The number of hydrogen-bond acceptors (Lipinski definition) is 6. The molecule has 0 spiro atoms. The Morgan fingerprint density at radius 2 is 2.29 bits per heavy atom. The smallest absolute Gasteiger partial charge is 0.330 e. The van der Waals surface area contributed by atoms with Crippen LogP contribution in [0.5, 0.6) is 5.75 Å². The molecule has 3 aliphatic rings. The largest absolute Gasteiger partial charge is 0.487 e. The Labute approximate surface area is 152 Å². The summed E-state index contributed by atoms with van der Waals surface area (Å²) in [6, 6.07) is -0.709. The van der Waals surface area contributed by atoms with E-state index in [1.807, 2.05) is 11.8 Å². The Bertz CT molecular complexity index is 688. The highest BCUT2D eigenvalue weighted by molar-refractivity contribution is 9.11. The fraction of sp³-hybridized carbons (Fsp3) is 0.625. The molecule has 6 nitrogen and oxygen atoms in total. The molecule has 1 fully saturated rings. The van der Waals surface area contributed by atoms with Crippen LogP contribution in [0.15, 0.2) is 3.79 Å². The van der Waals surface area contributed by atoms with Crippen LogP contribution in [0.1, 0.15) is 35.9 Å². The molecule has 1 aromatic rings. The number of thiophene rings is 1. The summed E-state index contributed by atoms with van der Waals surface area (Å²) in [4.78, 5) is 28.2. The maximum absolute atomic E-state index is 12.8. The van der Waals surface area contributed by atoms with Gasteiger partial charge in [0.1, 0.15) is 27.0 Å². The van der Waals surface area contributed by atoms with Gasteiger partial charge in [-0.25, -0.2) is 4.79 Å². The van der Waals surface area contributed by atoms with Crippen molar-refractivity contribution in [3.05, 3.63) is 8.66 Å². The van der Waals surface area contributed by atoms with E-state index >= 15 is 0 Å². The number of ether oxygens (including phenoxy) is 2. The minimum atomic E-state index is -0.496. The molecule has 0 radical (unpaired) electrons. The molecule has 1 aliphatic carbocycles. The summed E-state index contributed by atoms with van der Waals surface area (Å²) in [6.07, 6.45) is 3.22. The van der Waals surface area contributed by atoms with Crippen molar-refractivity contribution in [2.45, 2.75) is 38.3 Å². The zero-order valence-electron chi connectivity index (χ0n) is 13.3. The van der Waals surface area contributed by atoms with Crippen LogP contribution in [0.2, 0.25) is 0 Å². The summed E-state index contributed by atoms with van der Waals surface area (Å²) < 4.78 is 11.9. The molecule has 1 aromatic heterocycles. The van der Waals surface area contributed by atoms with Crippen LogP contribution < -0.4 is 15.0 Å². The minimum Gasteiger partial charge on any atom is -0.487 e. The van der Waals surface area contributed by atoms with E-state index in [1.54, 1.807) is 0 Å². The molecule has 130 valence electrons. The van der Waals surface area contributed by atoms with Gasteiger partial charge in [-0.1, -0.05) is 6.42 Å². The quantitative estimate of drug-likeness (QED) is 0.769. The number of nitrogens with one attached hydrogen (secondary N) is 1. The highest BCUT2D eigenvalue weighted by Crippen LogP contribution is 2.50. The van der Waals surface area contributed by atoms with Gasteiger partial charge in [-0.2, -0.15) is 0 Å². The third-order valence-electron chi connectivity index (χ3n) is 5.03. The topological polar surface area (TPSA) is 67.9 Å². The van der Waals surface area contributed by atoms with Gasteiger partial charge in [-0.3, -0.25) is 4.79 Å². The molecular weight excluding hydrogens is 396 g/mol. The molecule has 4 rings (SSSR count). The maximum atomic E-state index is 12.8. The van der Waals surface area contributed by atoms with Gasteiger partial charge in [0.05, 0.1) is 19.2 Å². The molecule has 24 heavy (non-hydrogen) atoms. The van der Waals surface area contributed by atoms with Crippen molar-refractivity contribution in [1.82, 2.24) is 5.32 Å². The lowest BCUT2D eigenvalue weighted by atomic mass is 9.76. The van der Waals surface area contributed by atoms with E-state index in [0.29, 0.717) is 36.3 Å². The summed E-state index contributed by atoms with van der Waals surface area (Å²) in [6.45, 7) is 3.20. The third kappa shape index (κ3) is 2.42. The van der Waals surface area contributed by atoms with Crippen LogP contribution in [-0.4, -0.2) is 43.7 Å². The maximum Gasteiger partial charge on any atom is 0.330 e. The molecule has 3 heterocycles. The molecule has 2 atom stereocenters. The molecule has 2 aliphatic heterocycles. The van der Waals surface area contributed by atoms with Crippen molar-refractivity contribution in [2.75, 3.05) is 24.7 Å². The second-order valence-corrected chi connectivity index (χ2v) is 8.65.